The van der Waals surface area contributed by atoms with Crippen LogP contribution in [-0.2, 0) is 9.59 Å². The molecule has 0 saturated carbocycles. The van der Waals surface area contributed by atoms with Gasteiger partial charge in [0, 0.05) is 57.4 Å². The summed E-state index contributed by atoms with van der Waals surface area (Å²) in [5, 5.41) is 2.55. The van der Waals surface area contributed by atoms with E-state index >= 15 is 0 Å². The van der Waals surface area contributed by atoms with Crippen LogP contribution in [-0.4, -0.2) is 60.4 Å². The van der Waals surface area contributed by atoms with Crippen LogP contribution in [0.25, 0.3) is 11.1 Å². The van der Waals surface area contributed by atoms with Gasteiger partial charge in [-0.2, -0.15) is 0 Å². The fraction of sp³-hybridized carbons (Fsp3) is 0.429. The molecule has 8 heteroatoms. The van der Waals surface area contributed by atoms with Crippen molar-refractivity contribution in [3.8, 4) is 11.1 Å². The Hall–Kier alpha value is -3.03. The molecule has 0 bridgehead atoms. The Morgan fingerprint density at radius 2 is 2.03 bits per heavy atom. The first-order valence-corrected chi connectivity index (χ1v) is 9.68. The highest BCUT2D eigenvalue weighted by Crippen LogP contribution is 2.34. The molecule has 0 aliphatic carbocycles. The van der Waals surface area contributed by atoms with E-state index in [9.17, 15) is 14.0 Å². The number of nitrogens with one attached hydrogen (secondary N) is 1. The Balaban J connectivity index is 1.93. The second-order valence-electron chi connectivity index (χ2n) is 7.43. The van der Waals surface area contributed by atoms with Crippen LogP contribution in [0.3, 0.4) is 0 Å². The van der Waals surface area contributed by atoms with E-state index in [-0.39, 0.29) is 30.1 Å². The lowest BCUT2D eigenvalue weighted by Crippen LogP contribution is -2.44. The summed E-state index contributed by atoms with van der Waals surface area (Å²) in [5.41, 5.74) is 1.84. The Morgan fingerprint density at radius 3 is 2.72 bits per heavy atom. The van der Waals surface area contributed by atoms with Gasteiger partial charge in [-0.05, 0) is 18.9 Å². The van der Waals surface area contributed by atoms with E-state index in [1.54, 1.807) is 34.2 Å². The zero-order valence-electron chi connectivity index (χ0n) is 17.0. The van der Waals surface area contributed by atoms with Gasteiger partial charge in [-0.3, -0.25) is 9.59 Å². The van der Waals surface area contributed by atoms with Crippen LogP contribution in [0.4, 0.5) is 10.3 Å². The molecule has 7 nitrogen and oxygen atoms in total. The van der Waals surface area contributed by atoms with Crippen molar-refractivity contribution < 1.29 is 14.0 Å². The minimum Gasteiger partial charge on any atom is -0.347 e. The zero-order valence-corrected chi connectivity index (χ0v) is 17.0. The molecule has 1 atom stereocenters. The van der Waals surface area contributed by atoms with Gasteiger partial charge in [-0.1, -0.05) is 18.2 Å². The molecule has 0 radical (unpaired) electrons. The number of halogens is 1. The molecule has 1 saturated heterocycles. The summed E-state index contributed by atoms with van der Waals surface area (Å²) in [6, 6.07) is 6.57. The number of carbonyl (C=O) groups is 2. The highest BCUT2D eigenvalue weighted by Gasteiger charge is 2.28. The van der Waals surface area contributed by atoms with Crippen molar-refractivity contribution >= 4 is 17.8 Å². The van der Waals surface area contributed by atoms with Crippen molar-refractivity contribution in [3.05, 3.63) is 42.0 Å². The second-order valence-corrected chi connectivity index (χ2v) is 7.43. The van der Waals surface area contributed by atoms with Crippen LogP contribution in [0.5, 0.6) is 0 Å². The lowest BCUT2D eigenvalue weighted by molar-refractivity contribution is -0.133. The summed E-state index contributed by atoms with van der Waals surface area (Å²) in [4.78, 5) is 36.2. The number of nitrogens with zero attached hydrogens (tertiary/aromatic N) is 4. The van der Waals surface area contributed by atoms with Gasteiger partial charge in [0.1, 0.15) is 5.82 Å². The molecule has 1 unspecified atom stereocenters. The third-order valence-corrected chi connectivity index (χ3v) is 5.02. The Morgan fingerprint density at radius 1 is 1.28 bits per heavy atom. The second kappa shape index (κ2) is 8.98. The molecule has 2 heterocycles. The van der Waals surface area contributed by atoms with E-state index in [2.05, 4.69) is 10.3 Å². The first-order valence-electron chi connectivity index (χ1n) is 9.68. The molecule has 1 aromatic heterocycles. The van der Waals surface area contributed by atoms with Gasteiger partial charge in [0.15, 0.2) is 0 Å². The number of amides is 2. The summed E-state index contributed by atoms with van der Waals surface area (Å²) >= 11 is 0. The normalized spacial score (nSPS) is 16.4. The minimum atomic E-state index is -0.329. The summed E-state index contributed by atoms with van der Waals surface area (Å²) < 4.78 is 14.5. The monoisotopic (exact) mass is 399 g/mol. The smallest absolute Gasteiger partial charge is 0.241 e. The third kappa shape index (κ3) is 4.88. The molecule has 154 valence electrons. The van der Waals surface area contributed by atoms with Crippen molar-refractivity contribution in [2.24, 2.45) is 0 Å². The van der Waals surface area contributed by atoms with Gasteiger partial charge < -0.3 is 15.1 Å². The number of carbonyl (C=O) groups excluding carboxylic acids is 2. The van der Waals surface area contributed by atoms with Crippen molar-refractivity contribution in [1.82, 2.24) is 20.2 Å². The number of benzene rings is 1. The first-order chi connectivity index (χ1) is 13.9. The van der Waals surface area contributed by atoms with E-state index in [0.717, 1.165) is 18.5 Å². The van der Waals surface area contributed by atoms with Crippen molar-refractivity contribution in [2.45, 2.75) is 25.7 Å². The molecule has 29 heavy (non-hydrogen) atoms. The lowest BCUT2D eigenvalue weighted by Gasteiger charge is -2.33. The summed E-state index contributed by atoms with van der Waals surface area (Å²) in [5.74, 6) is -0.188. The average Bonchev–Trinajstić information content (AvgIpc) is 2.72. The molecular weight excluding hydrogens is 373 g/mol. The number of anilines is 1. The molecule has 1 fully saturated rings. The number of piperidine rings is 1. The largest absolute Gasteiger partial charge is 0.347 e. The summed E-state index contributed by atoms with van der Waals surface area (Å²) in [7, 11) is 3.71. The molecule has 1 aliphatic rings. The maximum Gasteiger partial charge on any atom is 0.241 e. The van der Waals surface area contributed by atoms with Crippen molar-refractivity contribution in [1.29, 1.82) is 0 Å². The highest BCUT2D eigenvalue weighted by molar-refractivity contribution is 5.83. The van der Waals surface area contributed by atoms with E-state index in [1.165, 1.54) is 13.0 Å². The Kier molecular flexibility index (Phi) is 6.41. The summed E-state index contributed by atoms with van der Waals surface area (Å²) in [6.45, 7) is 2.48. The van der Waals surface area contributed by atoms with Crippen molar-refractivity contribution in [2.75, 3.05) is 38.6 Å². The highest BCUT2D eigenvalue weighted by atomic mass is 19.1. The van der Waals surface area contributed by atoms with Gasteiger partial charge in [0.2, 0.25) is 17.8 Å². The molecule has 1 aliphatic heterocycles. The molecule has 0 spiro atoms. The van der Waals surface area contributed by atoms with Crippen LogP contribution in [0.2, 0.25) is 0 Å². The number of hydrogen-bond acceptors (Lipinski definition) is 5. The average molecular weight is 399 g/mol. The van der Waals surface area contributed by atoms with Gasteiger partial charge in [0.25, 0.3) is 0 Å². The number of rotatable bonds is 5. The van der Waals surface area contributed by atoms with Crippen LogP contribution >= 0.6 is 0 Å². The van der Waals surface area contributed by atoms with E-state index < -0.39 is 0 Å². The van der Waals surface area contributed by atoms with Crippen LogP contribution < -0.4 is 10.2 Å². The van der Waals surface area contributed by atoms with Crippen molar-refractivity contribution in [3.63, 3.8) is 0 Å². The topological polar surface area (TPSA) is 78.4 Å². The standard InChI is InChI=1S/C21H26FN5O2/c1-14(28)23-12-19(29)27-10-6-7-15(13-27)20-17(11-24-21(25-20)26(2)3)16-8-4-5-9-18(16)22/h4-5,8-9,11,15H,6-7,10,12-13H2,1-3H3,(H,23,28). The number of likely N-dealkylation sites (tertiary alicyclic amines) is 1. The molecule has 3 rings (SSSR count). The summed E-state index contributed by atoms with van der Waals surface area (Å²) in [6.07, 6.45) is 3.32. The fourth-order valence-electron chi connectivity index (χ4n) is 3.54. The Labute approximate surface area is 169 Å². The zero-order chi connectivity index (χ0) is 21.0. The van der Waals surface area contributed by atoms with Gasteiger partial charge in [-0.25, -0.2) is 14.4 Å². The van der Waals surface area contributed by atoms with E-state index in [1.807, 2.05) is 14.1 Å². The van der Waals surface area contributed by atoms with E-state index in [4.69, 9.17) is 4.98 Å². The minimum absolute atomic E-state index is 0.0189. The number of aromatic nitrogens is 2. The quantitative estimate of drug-likeness (QED) is 0.834. The predicted molar refractivity (Wildman–Crippen MR) is 109 cm³/mol. The van der Waals surface area contributed by atoms with Crippen LogP contribution in [0.15, 0.2) is 30.5 Å². The van der Waals surface area contributed by atoms with Crippen LogP contribution in [0, 0.1) is 5.82 Å². The Bertz CT molecular complexity index is 902. The predicted octanol–water partition coefficient (Wildman–Crippen LogP) is 2.19. The lowest BCUT2D eigenvalue weighted by atomic mass is 9.89. The SMILES string of the molecule is CC(=O)NCC(=O)N1CCCC(c2nc(N(C)C)ncc2-c2ccccc2F)C1. The van der Waals surface area contributed by atoms with Crippen LogP contribution in [0.1, 0.15) is 31.4 Å². The third-order valence-electron chi connectivity index (χ3n) is 5.02. The molecule has 1 N–H and O–H groups in total. The molecule has 2 amide bonds. The molecule has 2 aromatic rings. The maximum absolute atomic E-state index is 14.5. The molecule has 1 aromatic carbocycles. The van der Waals surface area contributed by atoms with E-state index in [0.29, 0.717) is 30.2 Å². The molecular formula is C21H26FN5O2. The number of hydrogen-bond donors (Lipinski definition) is 1. The first kappa shape index (κ1) is 20.7. The fourth-order valence-corrected chi connectivity index (χ4v) is 3.54. The van der Waals surface area contributed by atoms with Gasteiger partial charge in [-0.15, -0.1) is 0 Å². The van der Waals surface area contributed by atoms with Gasteiger partial charge in [0.05, 0.1) is 12.2 Å². The maximum atomic E-state index is 14.5. The van der Waals surface area contributed by atoms with Gasteiger partial charge >= 0.3 is 0 Å².